The van der Waals surface area contributed by atoms with Crippen molar-refractivity contribution in [3.05, 3.63) is 33.9 Å². The number of nitrogens with two attached hydrogens (primary N) is 1. The van der Waals surface area contributed by atoms with Gasteiger partial charge in [0.15, 0.2) is 5.75 Å². The zero-order valence-electron chi connectivity index (χ0n) is 8.80. The number of nitrogens with zero attached hydrogens (tertiary/aromatic N) is 1. The molecule has 0 amide bonds. The highest BCUT2D eigenvalue weighted by Gasteiger charge is 2.16. The first-order chi connectivity index (χ1) is 7.56. The van der Waals surface area contributed by atoms with Crippen LogP contribution in [0.4, 0.5) is 5.69 Å². The van der Waals surface area contributed by atoms with Crippen molar-refractivity contribution in [2.24, 2.45) is 5.73 Å². The number of nitro groups is 1. The van der Waals surface area contributed by atoms with Crippen LogP contribution in [0.5, 0.6) is 5.75 Å². The summed E-state index contributed by atoms with van der Waals surface area (Å²) in [4.78, 5) is 10.4. The van der Waals surface area contributed by atoms with Gasteiger partial charge in [-0.25, -0.2) is 0 Å². The first-order valence-corrected chi connectivity index (χ1v) is 5.18. The molecule has 2 N–H and O–H groups in total. The second-order valence-corrected chi connectivity index (χ2v) is 3.59. The molecule has 5 nitrogen and oxygen atoms in total. The summed E-state index contributed by atoms with van der Waals surface area (Å²) in [5.41, 5.74) is 5.75. The Morgan fingerprint density at radius 1 is 1.62 bits per heavy atom. The Morgan fingerprint density at radius 2 is 2.31 bits per heavy atom. The zero-order chi connectivity index (χ0) is 12.1. The molecule has 0 aliphatic heterocycles. The summed E-state index contributed by atoms with van der Waals surface area (Å²) in [5, 5.41) is 10.8. The second-order valence-electron chi connectivity index (χ2n) is 3.15. The van der Waals surface area contributed by atoms with Crippen LogP contribution in [0.3, 0.4) is 0 Å². The number of hydrogen-bond acceptors (Lipinski definition) is 4. The number of ether oxygens (including phenoxy) is 1. The lowest BCUT2D eigenvalue weighted by molar-refractivity contribution is -0.385. The average Bonchev–Trinajstić information content (AvgIpc) is 2.25. The summed E-state index contributed by atoms with van der Waals surface area (Å²) in [7, 11) is 0. The maximum atomic E-state index is 10.8. The van der Waals surface area contributed by atoms with Gasteiger partial charge in [0.1, 0.15) is 4.99 Å². The molecule has 0 aliphatic carbocycles. The summed E-state index contributed by atoms with van der Waals surface area (Å²) in [5.74, 6) is 0.242. The van der Waals surface area contributed by atoms with E-state index in [2.05, 4.69) is 0 Å². The van der Waals surface area contributed by atoms with Crippen molar-refractivity contribution < 1.29 is 9.66 Å². The standard InChI is InChI=1S/C10H12N2O3S/c1-2-5-15-9-4-3-7(10(11)16)6-8(9)12(13)14/h3-4,6H,2,5H2,1H3,(H2,11,16). The van der Waals surface area contributed by atoms with Gasteiger partial charge in [-0.1, -0.05) is 19.1 Å². The van der Waals surface area contributed by atoms with Crippen LogP contribution >= 0.6 is 12.2 Å². The molecule has 0 saturated carbocycles. The van der Waals surface area contributed by atoms with Gasteiger partial charge >= 0.3 is 5.69 Å². The number of thiocarbonyl (C=S) groups is 1. The molecule has 1 aromatic rings. The molecule has 0 aromatic heterocycles. The quantitative estimate of drug-likeness (QED) is 0.484. The maximum Gasteiger partial charge on any atom is 0.311 e. The van der Waals surface area contributed by atoms with Crippen LogP contribution in [0.2, 0.25) is 0 Å². The molecule has 1 rings (SSSR count). The molecule has 6 heteroatoms. The van der Waals surface area contributed by atoms with Crippen molar-refractivity contribution in [2.75, 3.05) is 6.61 Å². The minimum absolute atomic E-state index is 0.112. The van der Waals surface area contributed by atoms with E-state index >= 15 is 0 Å². The molecule has 0 heterocycles. The van der Waals surface area contributed by atoms with Crippen molar-refractivity contribution in [1.82, 2.24) is 0 Å². The Bertz CT molecular complexity index is 421. The molecule has 0 radical (unpaired) electrons. The van der Waals surface area contributed by atoms with Crippen LogP contribution in [0, 0.1) is 10.1 Å². The van der Waals surface area contributed by atoms with E-state index in [4.69, 9.17) is 22.7 Å². The number of nitro benzene ring substituents is 1. The Labute approximate surface area is 98.4 Å². The monoisotopic (exact) mass is 240 g/mol. The van der Waals surface area contributed by atoms with Crippen LogP contribution < -0.4 is 10.5 Å². The molecular weight excluding hydrogens is 228 g/mol. The third-order valence-corrected chi connectivity index (χ3v) is 2.14. The van der Waals surface area contributed by atoms with Gasteiger partial charge in [-0.2, -0.15) is 0 Å². The van der Waals surface area contributed by atoms with Crippen molar-refractivity contribution in [1.29, 1.82) is 0 Å². The van der Waals surface area contributed by atoms with Gasteiger partial charge in [-0.15, -0.1) is 0 Å². The smallest absolute Gasteiger partial charge is 0.311 e. The second kappa shape index (κ2) is 5.41. The zero-order valence-corrected chi connectivity index (χ0v) is 9.62. The van der Waals surface area contributed by atoms with Crippen LogP contribution in [0.1, 0.15) is 18.9 Å². The first kappa shape index (κ1) is 12.4. The lowest BCUT2D eigenvalue weighted by Crippen LogP contribution is -2.10. The summed E-state index contributed by atoms with van der Waals surface area (Å²) in [6.45, 7) is 2.36. The largest absolute Gasteiger partial charge is 0.487 e. The van der Waals surface area contributed by atoms with E-state index in [1.165, 1.54) is 12.1 Å². The molecule has 0 spiro atoms. The van der Waals surface area contributed by atoms with Crippen molar-refractivity contribution in [3.8, 4) is 5.75 Å². The third-order valence-electron chi connectivity index (χ3n) is 1.90. The minimum atomic E-state index is -0.507. The molecule has 1 aromatic carbocycles. The Hall–Kier alpha value is -1.69. The fourth-order valence-corrected chi connectivity index (χ4v) is 1.27. The lowest BCUT2D eigenvalue weighted by atomic mass is 10.2. The van der Waals surface area contributed by atoms with Gasteiger partial charge in [0.25, 0.3) is 0 Å². The maximum absolute atomic E-state index is 10.8. The van der Waals surface area contributed by atoms with E-state index in [0.717, 1.165) is 6.42 Å². The van der Waals surface area contributed by atoms with Crippen LogP contribution in [-0.2, 0) is 0 Å². The molecule has 0 saturated heterocycles. The molecular formula is C10H12N2O3S. The molecule has 0 aliphatic rings. The topological polar surface area (TPSA) is 78.4 Å². The van der Waals surface area contributed by atoms with E-state index in [-0.39, 0.29) is 16.4 Å². The van der Waals surface area contributed by atoms with Crippen molar-refractivity contribution >= 4 is 22.9 Å². The number of rotatable bonds is 5. The highest BCUT2D eigenvalue weighted by molar-refractivity contribution is 7.80. The van der Waals surface area contributed by atoms with Gasteiger partial charge in [-0.3, -0.25) is 10.1 Å². The number of hydrogen-bond donors (Lipinski definition) is 1. The highest BCUT2D eigenvalue weighted by Crippen LogP contribution is 2.28. The SMILES string of the molecule is CCCOc1ccc(C(N)=S)cc1[N+](=O)[O-]. The summed E-state index contributed by atoms with van der Waals surface area (Å²) >= 11 is 4.75. The van der Waals surface area contributed by atoms with Crippen molar-refractivity contribution in [2.45, 2.75) is 13.3 Å². The van der Waals surface area contributed by atoms with Gasteiger partial charge in [-0.05, 0) is 18.6 Å². The Morgan fingerprint density at radius 3 is 2.81 bits per heavy atom. The minimum Gasteiger partial charge on any atom is -0.487 e. The summed E-state index contributed by atoms with van der Waals surface area (Å²) in [6.07, 6.45) is 0.786. The average molecular weight is 240 g/mol. The fraction of sp³-hybridized carbons (Fsp3) is 0.300. The molecule has 16 heavy (non-hydrogen) atoms. The molecule has 0 atom stereocenters. The van der Waals surface area contributed by atoms with Crippen LogP contribution in [-0.4, -0.2) is 16.5 Å². The normalized spacial score (nSPS) is 9.81. The predicted octanol–water partition coefficient (Wildman–Crippen LogP) is 2.02. The third kappa shape index (κ3) is 2.90. The Balaban J connectivity index is 3.09. The van der Waals surface area contributed by atoms with E-state index < -0.39 is 4.92 Å². The highest BCUT2D eigenvalue weighted by atomic mass is 32.1. The molecule has 86 valence electrons. The number of benzene rings is 1. The van der Waals surface area contributed by atoms with Gasteiger partial charge < -0.3 is 10.5 Å². The van der Waals surface area contributed by atoms with Gasteiger partial charge in [0.05, 0.1) is 11.5 Å². The van der Waals surface area contributed by atoms with E-state index in [9.17, 15) is 10.1 Å². The predicted molar refractivity (Wildman–Crippen MR) is 64.8 cm³/mol. The van der Waals surface area contributed by atoms with Gasteiger partial charge in [0.2, 0.25) is 0 Å². The van der Waals surface area contributed by atoms with E-state index in [0.29, 0.717) is 12.2 Å². The van der Waals surface area contributed by atoms with Crippen LogP contribution in [0.15, 0.2) is 18.2 Å². The van der Waals surface area contributed by atoms with Gasteiger partial charge in [0, 0.05) is 11.6 Å². The van der Waals surface area contributed by atoms with E-state index in [1.54, 1.807) is 6.07 Å². The molecule has 0 unspecified atom stereocenters. The fourth-order valence-electron chi connectivity index (χ4n) is 1.15. The Kier molecular flexibility index (Phi) is 4.19. The summed E-state index contributed by atoms with van der Waals surface area (Å²) < 4.78 is 5.26. The van der Waals surface area contributed by atoms with E-state index in [1.807, 2.05) is 6.92 Å². The molecule has 0 bridgehead atoms. The van der Waals surface area contributed by atoms with Crippen molar-refractivity contribution in [3.63, 3.8) is 0 Å². The summed E-state index contributed by atoms with van der Waals surface area (Å²) in [6, 6.07) is 4.45. The molecule has 0 fully saturated rings. The first-order valence-electron chi connectivity index (χ1n) is 4.77. The lowest BCUT2D eigenvalue weighted by Gasteiger charge is -2.06. The van der Waals surface area contributed by atoms with Crippen LogP contribution in [0.25, 0.3) is 0 Å².